The minimum Gasteiger partial charge on any atom is -0.469 e. The first-order chi connectivity index (χ1) is 23.8. The molecule has 2 aliphatic heterocycles. The van der Waals surface area contributed by atoms with Crippen molar-refractivity contribution in [3.05, 3.63) is 68.6 Å². The minimum absolute atomic E-state index is 0.0218. The second-order valence-electron chi connectivity index (χ2n) is 12.9. The Labute approximate surface area is 295 Å². The number of aryl methyl sites for hydroxylation is 1. The molecule has 3 heterocycles. The van der Waals surface area contributed by atoms with E-state index >= 15 is 0 Å². The molecule has 10 nitrogen and oxygen atoms in total. The lowest BCUT2D eigenvalue weighted by Crippen LogP contribution is -2.21. The van der Waals surface area contributed by atoms with Gasteiger partial charge in [-0.1, -0.05) is 33.8 Å². The smallest absolute Gasteiger partial charge is 0.320 e. The van der Waals surface area contributed by atoms with E-state index in [2.05, 4.69) is 36.2 Å². The van der Waals surface area contributed by atoms with Gasteiger partial charge < -0.3 is 19.4 Å². The monoisotopic (exact) mass is 684 g/mol. The van der Waals surface area contributed by atoms with Crippen LogP contribution in [0.5, 0.6) is 0 Å². The molecule has 50 heavy (non-hydrogen) atoms. The lowest BCUT2D eigenvalue weighted by atomic mass is 9.84. The Hall–Kier alpha value is -4.78. The highest BCUT2D eigenvalue weighted by molar-refractivity contribution is 6.12. The first-order valence-electron chi connectivity index (χ1n) is 17.3. The number of ether oxygens (including phenoxy) is 2. The van der Waals surface area contributed by atoms with Crippen molar-refractivity contribution in [2.45, 2.75) is 117 Å². The highest BCUT2D eigenvalue weighted by Crippen LogP contribution is 2.45. The van der Waals surface area contributed by atoms with Gasteiger partial charge in [0, 0.05) is 86.8 Å². The number of carbonyl (C=O) groups is 4. The number of fused-ring (bicyclic) bond motifs is 6. The fourth-order valence-corrected chi connectivity index (χ4v) is 6.78. The van der Waals surface area contributed by atoms with E-state index in [4.69, 9.17) is 19.4 Å². The van der Waals surface area contributed by atoms with E-state index in [-0.39, 0.29) is 54.0 Å². The molecule has 0 saturated heterocycles. The van der Waals surface area contributed by atoms with Crippen LogP contribution in [0, 0.1) is 12.3 Å². The van der Waals surface area contributed by atoms with Crippen molar-refractivity contribution < 1.29 is 28.7 Å². The van der Waals surface area contributed by atoms with Crippen molar-refractivity contribution in [1.29, 1.82) is 0 Å². The van der Waals surface area contributed by atoms with Gasteiger partial charge in [-0.3, -0.25) is 29.1 Å². The summed E-state index contributed by atoms with van der Waals surface area (Å²) >= 11 is 0. The Bertz CT molecular complexity index is 1880. The predicted molar refractivity (Wildman–Crippen MR) is 194 cm³/mol. The molecule has 0 fully saturated rings. The number of hydrogen-bond donors (Lipinski definition) is 2. The number of methoxy groups -OCH3 is 2. The third kappa shape index (κ3) is 8.68. The molecule has 10 heteroatoms. The van der Waals surface area contributed by atoms with Crippen LogP contribution in [0.1, 0.15) is 144 Å². The van der Waals surface area contributed by atoms with Gasteiger partial charge in [-0.15, -0.1) is 12.3 Å². The van der Waals surface area contributed by atoms with Gasteiger partial charge in [-0.05, 0) is 65.2 Å². The molecule has 1 aliphatic carbocycles. The van der Waals surface area contributed by atoms with E-state index < -0.39 is 11.9 Å². The number of hydrogen-bond acceptors (Lipinski definition) is 8. The molecular weight excluding hydrogens is 632 g/mol. The zero-order valence-electron chi connectivity index (χ0n) is 31.2. The number of carbonyl (C=O) groups excluding carboxylic acids is 4. The van der Waals surface area contributed by atoms with Crippen LogP contribution < -0.4 is 10.7 Å². The van der Waals surface area contributed by atoms with Crippen molar-refractivity contribution in [2.75, 3.05) is 14.2 Å². The third-order valence-corrected chi connectivity index (χ3v) is 9.84. The highest BCUT2D eigenvalue weighted by atomic mass is 16.5. The van der Waals surface area contributed by atoms with Gasteiger partial charge in [0.05, 0.1) is 19.9 Å². The van der Waals surface area contributed by atoms with Crippen LogP contribution in [-0.4, -0.2) is 57.7 Å². The van der Waals surface area contributed by atoms with Crippen molar-refractivity contribution in [3.8, 4) is 12.3 Å². The van der Waals surface area contributed by atoms with Crippen molar-refractivity contribution in [1.82, 2.24) is 19.9 Å². The first kappa shape index (κ1) is 39.7. The lowest BCUT2D eigenvalue weighted by Gasteiger charge is -2.18. The van der Waals surface area contributed by atoms with Crippen LogP contribution in [0.15, 0.2) is 18.2 Å². The summed E-state index contributed by atoms with van der Waals surface area (Å²) in [6.45, 7) is 15.2. The number of Topliss-reactive ketones (excluding diaryl/α,β-unsaturated/α-hetero) is 2. The number of aromatic nitrogens is 4. The lowest BCUT2D eigenvalue weighted by molar-refractivity contribution is -0.145. The van der Waals surface area contributed by atoms with E-state index in [0.717, 1.165) is 34.5 Å². The fraction of sp³-hybridized carbons (Fsp3) is 0.500. The molecule has 4 bridgehead atoms. The van der Waals surface area contributed by atoms with Gasteiger partial charge in [-0.25, -0.2) is 0 Å². The Kier molecular flexibility index (Phi) is 14.1. The number of nitrogens with one attached hydrogen (secondary N) is 2. The van der Waals surface area contributed by atoms with Crippen LogP contribution in [0.3, 0.4) is 0 Å². The molecule has 1 aromatic rings. The summed E-state index contributed by atoms with van der Waals surface area (Å²) < 4.78 is 10.1. The average molecular weight is 685 g/mol. The SMILES string of the molecule is C#CC.C/C=c1\cc2nc(c3c([nH]c(CC)cc4nc(c/c(=C(/C)C(C)=O)[nH]1)C(C)C4CC)CC(=O)C3C(=O)OC)C(CCC(=O)OC)C2C. The largest absolute Gasteiger partial charge is 0.469 e. The van der Waals surface area contributed by atoms with Crippen LogP contribution in [0.2, 0.25) is 0 Å². The highest BCUT2D eigenvalue weighted by Gasteiger charge is 2.43. The molecule has 5 unspecified atom stereocenters. The van der Waals surface area contributed by atoms with Crippen molar-refractivity contribution >= 4 is 35.2 Å². The summed E-state index contributed by atoms with van der Waals surface area (Å²) in [4.78, 5) is 68.9. The maximum Gasteiger partial charge on any atom is 0.320 e. The number of aromatic amines is 2. The van der Waals surface area contributed by atoms with Gasteiger partial charge >= 0.3 is 11.9 Å². The van der Waals surface area contributed by atoms with Crippen LogP contribution >= 0.6 is 0 Å². The van der Waals surface area contributed by atoms with Crippen LogP contribution in [0.25, 0.3) is 11.6 Å². The number of ketones is 2. The second-order valence-corrected chi connectivity index (χ2v) is 12.9. The summed E-state index contributed by atoms with van der Waals surface area (Å²) in [5.41, 5.74) is 5.64. The maximum atomic E-state index is 13.5. The van der Waals surface area contributed by atoms with Gasteiger partial charge in [-0.2, -0.15) is 0 Å². The van der Waals surface area contributed by atoms with Gasteiger partial charge in [0.1, 0.15) is 5.92 Å². The summed E-state index contributed by atoms with van der Waals surface area (Å²) in [6.07, 6.45) is 8.57. The van der Waals surface area contributed by atoms with E-state index in [1.807, 2.05) is 45.0 Å². The topological polar surface area (TPSA) is 144 Å². The molecule has 4 rings (SSSR count). The zero-order valence-corrected chi connectivity index (χ0v) is 31.2. The zero-order chi connectivity index (χ0) is 37.3. The summed E-state index contributed by atoms with van der Waals surface area (Å²) in [5, 5.41) is 1.38. The molecule has 1 aromatic heterocycles. The molecular formula is C40H52N4O6. The number of esters is 2. The number of rotatable bonds is 7. The molecule has 5 atom stereocenters. The summed E-state index contributed by atoms with van der Waals surface area (Å²) in [7, 11) is 2.63. The quantitative estimate of drug-likeness (QED) is 0.220. The summed E-state index contributed by atoms with van der Waals surface area (Å²) in [5.74, 6) is -0.407. The molecule has 0 saturated carbocycles. The second kappa shape index (κ2) is 17.7. The molecule has 0 spiro atoms. The Balaban J connectivity index is 0.00000217. The van der Waals surface area contributed by atoms with E-state index in [1.165, 1.54) is 14.2 Å². The molecule has 0 aromatic carbocycles. The molecule has 0 radical (unpaired) electrons. The Morgan fingerprint density at radius 3 is 2.18 bits per heavy atom. The summed E-state index contributed by atoms with van der Waals surface area (Å²) in [6, 6.07) is 5.95. The first-order valence-corrected chi connectivity index (χ1v) is 17.3. The Morgan fingerprint density at radius 1 is 0.980 bits per heavy atom. The fourth-order valence-electron chi connectivity index (χ4n) is 6.78. The molecule has 268 valence electrons. The maximum absolute atomic E-state index is 13.5. The van der Waals surface area contributed by atoms with Gasteiger partial charge in [0.2, 0.25) is 0 Å². The third-order valence-electron chi connectivity index (χ3n) is 9.84. The van der Waals surface area contributed by atoms with E-state index in [9.17, 15) is 19.2 Å². The minimum atomic E-state index is -1.14. The van der Waals surface area contributed by atoms with Crippen molar-refractivity contribution in [3.63, 3.8) is 0 Å². The normalized spacial score (nSPS) is 21.3. The number of terminal acetylenes is 1. The molecule has 2 N–H and O–H groups in total. The van der Waals surface area contributed by atoms with Crippen LogP contribution in [0.4, 0.5) is 0 Å². The number of H-pyrrole nitrogens is 2. The van der Waals surface area contributed by atoms with Crippen molar-refractivity contribution in [2.24, 2.45) is 0 Å². The van der Waals surface area contributed by atoms with Crippen LogP contribution in [-0.2, 0) is 41.5 Å². The average Bonchev–Trinajstić information content (AvgIpc) is 3.69. The van der Waals surface area contributed by atoms with E-state index in [0.29, 0.717) is 40.7 Å². The predicted octanol–water partition coefficient (Wildman–Crippen LogP) is 5.41. The van der Waals surface area contributed by atoms with E-state index in [1.54, 1.807) is 20.8 Å². The molecule has 3 aliphatic rings. The van der Waals surface area contributed by atoms with Gasteiger partial charge in [0.25, 0.3) is 0 Å². The standard InChI is InChI=1S/C37H48N4O6.C3H4/c1-10-23-15-27-21(6)26(13-14-33(44)46-8)36(41-27)34-31(18-32(43)35(34)37(45)47-9)39-24(11-2)16-30-25(12-3)20(5)29(40-30)17-28(38-23)19(4)22(7)42;1-3-2/h10,15-17,20-21,25-26,35,38-39H,11-14,18H2,1-9H3;1H,2H3/b23-10+,24-16?,27-15?,28-19+,29-17?;. The Morgan fingerprint density at radius 2 is 1.62 bits per heavy atom. The van der Waals surface area contributed by atoms with Gasteiger partial charge in [0.15, 0.2) is 11.6 Å². The molecule has 0 amide bonds. The number of nitrogens with zero attached hydrogens (tertiary/aromatic N) is 2.